The molecule has 1 N–H and O–H groups in total. The van der Waals surface area contributed by atoms with Crippen molar-refractivity contribution in [2.75, 3.05) is 26.7 Å². The van der Waals surface area contributed by atoms with Crippen LogP contribution in [0.1, 0.15) is 58.2 Å². The van der Waals surface area contributed by atoms with Gasteiger partial charge < -0.3 is 19.6 Å². The van der Waals surface area contributed by atoms with Crippen molar-refractivity contribution < 1.29 is 23.8 Å². The van der Waals surface area contributed by atoms with Gasteiger partial charge >= 0.3 is 5.97 Å². The molecule has 3 heterocycles. The maximum atomic E-state index is 15.3. The van der Waals surface area contributed by atoms with Crippen molar-refractivity contribution in [3.05, 3.63) is 50.8 Å². The van der Waals surface area contributed by atoms with Crippen LogP contribution in [0, 0.1) is 26.6 Å². The fourth-order valence-electron chi connectivity index (χ4n) is 6.46. The molecule has 1 saturated heterocycles. The van der Waals surface area contributed by atoms with Gasteiger partial charge in [-0.05, 0) is 117 Å². The maximum Gasteiger partial charge on any atom is 0.307 e. The minimum atomic E-state index is -0.937. The lowest BCUT2D eigenvalue weighted by molar-refractivity contribution is -0.136. The predicted octanol–water partition coefficient (Wildman–Crippen LogP) is 4.35. The first kappa shape index (κ1) is 24.8. The second-order valence-electron chi connectivity index (χ2n) is 10.7. The highest BCUT2D eigenvalue weighted by atomic mass is 19.1. The molecule has 2 aromatic rings. The first-order valence-corrected chi connectivity index (χ1v) is 13.0. The number of aliphatic carboxylic acids is 1. The Bertz CT molecular complexity index is 1250. The molecule has 0 aromatic heterocycles. The number of fused-ring (bicyclic) bond motifs is 2. The van der Waals surface area contributed by atoms with E-state index in [9.17, 15) is 14.7 Å². The van der Waals surface area contributed by atoms with Crippen molar-refractivity contribution in [2.45, 2.75) is 71.9 Å². The van der Waals surface area contributed by atoms with Crippen LogP contribution >= 0.6 is 0 Å². The number of benzene rings is 2. The highest BCUT2D eigenvalue weighted by molar-refractivity contribution is 5.87. The van der Waals surface area contributed by atoms with Crippen molar-refractivity contribution in [1.29, 1.82) is 0 Å². The molecule has 0 aliphatic carbocycles. The van der Waals surface area contributed by atoms with E-state index in [1.165, 1.54) is 6.07 Å². The van der Waals surface area contributed by atoms with Crippen molar-refractivity contribution in [1.82, 2.24) is 9.80 Å². The fraction of sp³-hybridized carbons (Fsp3) is 0.517. The highest BCUT2D eigenvalue weighted by Crippen LogP contribution is 2.43. The van der Waals surface area contributed by atoms with Gasteiger partial charge in [0.25, 0.3) is 0 Å². The number of ether oxygens (including phenoxy) is 1. The minimum Gasteiger partial charge on any atom is -0.490 e. The third-order valence-corrected chi connectivity index (χ3v) is 8.54. The van der Waals surface area contributed by atoms with Gasteiger partial charge in [0.05, 0.1) is 19.4 Å². The maximum absolute atomic E-state index is 15.3. The summed E-state index contributed by atoms with van der Waals surface area (Å²) >= 11 is 0. The number of amides is 1. The van der Waals surface area contributed by atoms with E-state index in [-0.39, 0.29) is 24.8 Å². The van der Waals surface area contributed by atoms with E-state index in [1.807, 2.05) is 25.7 Å². The molecule has 7 heteroatoms. The predicted molar refractivity (Wildman–Crippen MR) is 136 cm³/mol. The van der Waals surface area contributed by atoms with Gasteiger partial charge in [-0.1, -0.05) is 0 Å². The second-order valence-corrected chi connectivity index (χ2v) is 10.7. The summed E-state index contributed by atoms with van der Waals surface area (Å²) in [5.74, 6) is -0.895. The Balaban J connectivity index is 1.67. The van der Waals surface area contributed by atoms with Crippen LogP contribution in [0.25, 0.3) is 11.1 Å². The largest absolute Gasteiger partial charge is 0.490 e. The summed E-state index contributed by atoms with van der Waals surface area (Å²) < 4.78 is 20.9. The summed E-state index contributed by atoms with van der Waals surface area (Å²) in [5.41, 5.74) is 7.86. The van der Waals surface area contributed by atoms with Crippen LogP contribution in [0.3, 0.4) is 0 Å². The monoisotopic (exact) mass is 494 g/mol. The van der Waals surface area contributed by atoms with Gasteiger partial charge in [-0.3, -0.25) is 9.59 Å². The third-order valence-electron chi connectivity index (χ3n) is 8.54. The number of carboxylic acid groups (broad SMARTS) is 1. The molecule has 0 unspecified atom stereocenters. The van der Waals surface area contributed by atoms with E-state index < -0.39 is 11.8 Å². The Kier molecular flexibility index (Phi) is 6.54. The quantitative estimate of drug-likeness (QED) is 0.685. The zero-order chi connectivity index (χ0) is 25.7. The minimum absolute atomic E-state index is 0.113. The Labute approximate surface area is 212 Å². The van der Waals surface area contributed by atoms with Crippen LogP contribution in [0.4, 0.5) is 4.39 Å². The van der Waals surface area contributed by atoms with E-state index in [2.05, 4.69) is 11.9 Å². The van der Waals surface area contributed by atoms with E-state index in [4.69, 9.17) is 4.74 Å². The molecule has 5 rings (SSSR count). The van der Waals surface area contributed by atoms with Crippen LogP contribution in [0.2, 0.25) is 0 Å². The Morgan fingerprint density at radius 3 is 2.53 bits per heavy atom. The average Bonchev–Trinajstić information content (AvgIpc) is 2.85. The van der Waals surface area contributed by atoms with Gasteiger partial charge in [0, 0.05) is 18.2 Å². The van der Waals surface area contributed by atoms with Gasteiger partial charge in [0.2, 0.25) is 5.91 Å². The molecule has 2 aromatic carbocycles. The number of halogens is 1. The molecule has 1 amide bonds. The number of likely N-dealkylation sites (tertiary alicyclic amines) is 1. The molecule has 3 aliphatic heterocycles. The number of carbonyl (C=O) groups excluding carboxylic acids is 1. The van der Waals surface area contributed by atoms with E-state index in [1.54, 1.807) is 0 Å². The summed E-state index contributed by atoms with van der Waals surface area (Å²) in [7, 11) is 2.11. The van der Waals surface area contributed by atoms with E-state index in [0.717, 1.165) is 83.3 Å². The zero-order valence-corrected chi connectivity index (χ0v) is 21.7. The molecule has 0 atom stereocenters. The molecule has 0 saturated carbocycles. The number of piperidine rings is 1. The lowest BCUT2D eigenvalue weighted by Crippen LogP contribution is -2.48. The van der Waals surface area contributed by atoms with Crippen molar-refractivity contribution in [3.8, 4) is 16.9 Å². The smallest absolute Gasteiger partial charge is 0.307 e. The number of carbonyl (C=O) groups is 2. The molecule has 36 heavy (non-hydrogen) atoms. The molecular formula is C29H35FN2O4. The molecule has 6 nitrogen and oxygen atoms in total. The molecule has 0 bridgehead atoms. The van der Waals surface area contributed by atoms with Gasteiger partial charge in [-0.15, -0.1) is 0 Å². The van der Waals surface area contributed by atoms with Gasteiger partial charge in [-0.25, -0.2) is 4.39 Å². The summed E-state index contributed by atoms with van der Waals surface area (Å²) in [6, 6.07) is 1.73. The lowest BCUT2D eigenvalue weighted by atomic mass is 9.79. The molecular weight excluding hydrogens is 459 g/mol. The third kappa shape index (κ3) is 4.17. The van der Waals surface area contributed by atoms with E-state index >= 15 is 4.39 Å². The number of hydrogen-bond donors (Lipinski definition) is 1. The standard InChI is InChI=1S/C29H35FN2O4/c1-16-20-6-5-11-36-29(20)25(30)12-22(16)28-18(3)24-15-32(19-7-9-31(4)10-8-19)26(33)13-21(24)17(2)23(28)14-27(34)35/h12,19H,5-11,13-15H2,1-4H3,(H,34,35). The topological polar surface area (TPSA) is 70.1 Å². The number of rotatable bonds is 4. The van der Waals surface area contributed by atoms with Crippen LogP contribution in [-0.2, 0) is 35.4 Å². The molecule has 192 valence electrons. The average molecular weight is 495 g/mol. The number of carboxylic acids is 1. The van der Waals surface area contributed by atoms with Gasteiger partial charge in [-0.2, -0.15) is 0 Å². The Hall–Kier alpha value is -2.93. The SMILES string of the molecule is Cc1c(-c2c(C)c3c(c(C)c2CC(=O)O)CC(=O)N(C2CCN(C)CC2)C3)cc(F)c2c1CCCO2. The molecule has 0 spiro atoms. The highest BCUT2D eigenvalue weighted by Gasteiger charge is 2.35. The van der Waals surface area contributed by atoms with Crippen molar-refractivity contribution >= 4 is 11.9 Å². The Morgan fingerprint density at radius 2 is 1.83 bits per heavy atom. The van der Waals surface area contributed by atoms with Crippen molar-refractivity contribution in [3.63, 3.8) is 0 Å². The Morgan fingerprint density at radius 1 is 1.11 bits per heavy atom. The molecule has 1 fully saturated rings. The fourth-order valence-corrected chi connectivity index (χ4v) is 6.46. The van der Waals surface area contributed by atoms with Crippen LogP contribution in [0.15, 0.2) is 6.07 Å². The summed E-state index contributed by atoms with van der Waals surface area (Å²) in [5, 5.41) is 9.79. The zero-order valence-electron chi connectivity index (χ0n) is 21.7. The normalized spacial score (nSPS) is 18.6. The van der Waals surface area contributed by atoms with E-state index in [0.29, 0.717) is 24.5 Å². The summed E-state index contributed by atoms with van der Waals surface area (Å²) in [6.45, 7) is 8.88. The number of nitrogens with zero attached hydrogens (tertiary/aromatic N) is 2. The van der Waals surface area contributed by atoms with Crippen molar-refractivity contribution in [2.24, 2.45) is 0 Å². The van der Waals surface area contributed by atoms with Crippen LogP contribution < -0.4 is 4.74 Å². The summed E-state index contributed by atoms with van der Waals surface area (Å²) in [4.78, 5) is 29.5. The molecule has 0 radical (unpaired) electrons. The lowest BCUT2D eigenvalue weighted by Gasteiger charge is -2.41. The molecule has 3 aliphatic rings. The van der Waals surface area contributed by atoms with Crippen LogP contribution in [-0.4, -0.2) is 59.6 Å². The van der Waals surface area contributed by atoms with Gasteiger partial charge in [0.1, 0.15) is 0 Å². The first-order valence-electron chi connectivity index (χ1n) is 13.0. The van der Waals surface area contributed by atoms with Gasteiger partial charge in [0.15, 0.2) is 11.6 Å². The summed E-state index contributed by atoms with van der Waals surface area (Å²) in [6.07, 6.45) is 3.59. The second kappa shape index (κ2) is 9.51. The van der Waals surface area contributed by atoms with Crippen LogP contribution in [0.5, 0.6) is 5.75 Å². The number of hydrogen-bond acceptors (Lipinski definition) is 4. The first-order chi connectivity index (χ1) is 17.2.